The lowest BCUT2D eigenvalue weighted by atomic mass is 9.79. The molecule has 0 spiro atoms. The third kappa shape index (κ3) is 1.70. The van der Waals surface area contributed by atoms with E-state index in [1.807, 2.05) is 6.92 Å². The molecule has 1 saturated heterocycles. The minimum absolute atomic E-state index is 0.189. The summed E-state index contributed by atoms with van der Waals surface area (Å²) in [6.45, 7) is 5.33. The fraction of sp³-hybridized carbons (Fsp3) is 1.00. The Morgan fingerprint density at radius 1 is 1.29 bits per heavy atom. The standard InChI is InChI=1S/C12H23NO/c1-11(7-8-11)12(2,14)10-6-4-3-5-9-13-10/h10,13-14H,3-9H2,1-2H3. The Bertz CT molecular complexity index is 200. The summed E-state index contributed by atoms with van der Waals surface area (Å²) < 4.78 is 0. The van der Waals surface area contributed by atoms with Crippen LogP contribution in [0.1, 0.15) is 52.4 Å². The van der Waals surface area contributed by atoms with E-state index in [4.69, 9.17) is 0 Å². The van der Waals surface area contributed by atoms with Crippen LogP contribution in [-0.2, 0) is 0 Å². The first kappa shape index (κ1) is 10.4. The van der Waals surface area contributed by atoms with Crippen LogP contribution in [0.2, 0.25) is 0 Å². The van der Waals surface area contributed by atoms with Gasteiger partial charge in [0.1, 0.15) is 0 Å². The highest BCUT2D eigenvalue weighted by molar-refractivity contribution is 5.08. The van der Waals surface area contributed by atoms with Gasteiger partial charge in [-0.15, -0.1) is 0 Å². The van der Waals surface area contributed by atoms with Gasteiger partial charge in [0.15, 0.2) is 0 Å². The molecular formula is C12H23NO. The van der Waals surface area contributed by atoms with Crippen LogP contribution in [0.15, 0.2) is 0 Å². The molecule has 0 amide bonds. The van der Waals surface area contributed by atoms with Gasteiger partial charge < -0.3 is 10.4 Å². The van der Waals surface area contributed by atoms with Crippen molar-refractivity contribution in [3.63, 3.8) is 0 Å². The van der Waals surface area contributed by atoms with Gasteiger partial charge in [-0.1, -0.05) is 19.8 Å². The molecule has 2 aliphatic rings. The quantitative estimate of drug-likeness (QED) is 0.710. The summed E-state index contributed by atoms with van der Waals surface area (Å²) in [5.41, 5.74) is -0.313. The number of aliphatic hydroxyl groups is 1. The van der Waals surface area contributed by atoms with Crippen LogP contribution in [0.25, 0.3) is 0 Å². The molecule has 2 nitrogen and oxygen atoms in total. The van der Waals surface area contributed by atoms with E-state index < -0.39 is 5.60 Å². The Hall–Kier alpha value is -0.0800. The van der Waals surface area contributed by atoms with E-state index in [2.05, 4.69) is 12.2 Å². The highest BCUT2D eigenvalue weighted by atomic mass is 16.3. The van der Waals surface area contributed by atoms with Crippen LogP contribution in [0, 0.1) is 5.41 Å². The van der Waals surface area contributed by atoms with Crippen molar-refractivity contribution in [3.8, 4) is 0 Å². The average molecular weight is 197 g/mol. The van der Waals surface area contributed by atoms with E-state index in [0.29, 0.717) is 6.04 Å². The smallest absolute Gasteiger partial charge is 0.0825 e. The van der Waals surface area contributed by atoms with Crippen LogP contribution >= 0.6 is 0 Å². The summed E-state index contributed by atoms with van der Waals surface area (Å²) in [4.78, 5) is 0. The molecule has 2 N–H and O–H groups in total. The zero-order valence-corrected chi connectivity index (χ0v) is 9.47. The second-order valence-electron chi connectivity index (χ2n) is 5.56. The molecule has 2 atom stereocenters. The van der Waals surface area contributed by atoms with Gasteiger partial charge in [-0.2, -0.15) is 0 Å². The molecule has 2 fully saturated rings. The molecule has 1 saturated carbocycles. The molecule has 0 radical (unpaired) electrons. The van der Waals surface area contributed by atoms with E-state index >= 15 is 0 Å². The monoisotopic (exact) mass is 197 g/mol. The summed E-state index contributed by atoms with van der Waals surface area (Å²) in [7, 11) is 0. The number of rotatable bonds is 2. The van der Waals surface area contributed by atoms with Gasteiger partial charge in [-0.3, -0.25) is 0 Å². The van der Waals surface area contributed by atoms with Crippen LogP contribution in [-0.4, -0.2) is 23.3 Å². The van der Waals surface area contributed by atoms with Crippen molar-refractivity contribution >= 4 is 0 Å². The predicted molar refractivity (Wildman–Crippen MR) is 58.2 cm³/mol. The molecule has 2 unspecified atom stereocenters. The Balaban J connectivity index is 2.04. The maximum atomic E-state index is 10.6. The number of hydrogen-bond donors (Lipinski definition) is 2. The summed E-state index contributed by atoms with van der Waals surface area (Å²) in [6, 6.07) is 0.317. The van der Waals surface area contributed by atoms with Gasteiger partial charge in [-0.25, -0.2) is 0 Å². The van der Waals surface area contributed by atoms with Gasteiger partial charge in [0.2, 0.25) is 0 Å². The summed E-state index contributed by atoms with van der Waals surface area (Å²) in [5.74, 6) is 0. The van der Waals surface area contributed by atoms with Gasteiger partial charge in [-0.05, 0) is 44.6 Å². The molecule has 1 aliphatic heterocycles. The third-order valence-corrected chi connectivity index (χ3v) is 4.46. The molecule has 14 heavy (non-hydrogen) atoms. The molecule has 82 valence electrons. The molecule has 0 bridgehead atoms. The SMILES string of the molecule is CC1(C(C)(O)C2CCCCCN2)CC1. The largest absolute Gasteiger partial charge is 0.388 e. The second kappa shape index (κ2) is 3.49. The molecular weight excluding hydrogens is 174 g/mol. The molecule has 0 aromatic carbocycles. The highest BCUT2D eigenvalue weighted by Crippen LogP contribution is 2.55. The predicted octanol–water partition coefficient (Wildman–Crippen LogP) is 2.07. The molecule has 2 heteroatoms. The normalized spacial score (nSPS) is 35.8. The average Bonchev–Trinajstić information content (AvgIpc) is 2.89. The van der Waals surface area contributed by atoms with Crippen molar-refractivity contribution in [2.24, 2.45) is 5.41 Å². The summed E-state index contributed by atoms with van der Waals surface area (Å²) in [6.07, 6.45) is 7.38. The zero-order chi connectivity index (χ0) is 10.2. The van der Waals surface area contributed by atoms with Crippen molar-refractivity contribution < 1.29 is 5.11 Å². The van der Waals surface area contributed by atoms with Gasteiger partial charge in [0, 0.05) is 6.04 Å². The van der Waals surface area contributed by atoms with E-state index in [-0.39, 0.29) is 5.41 Å². The van der Waals surface area contributed by atoms with Crippen molar-refractivity contribution in [3.05, 3.63) is 0 Å². The maximum absolute atomic E-state index is 10.6. The van der Waals surface area contributed by atoms with Crippen LogP contribution in [0.5, 0.6) is 0 Å². The zero-order valence-electron chi connectivity index (χ0n) is 9.47. The minimum atomic E-state index is -0.503. The van der Waals surface area contributed by atoms with Crippen molar-refractivity contribution in [2.45, 2.75) is 64.0 Å². The van der Waals surface area contributed by atoms with E-state index in [0.717, 1.165) is 13.0 Å². The van der Waals surface area contributed by atoms with Gasteiger partial charge >= 0.3 is 0 Å². The van der Waals surface area contributed by atoms with Crippen LogP contribution in [0.3, 0.4) is 0 Å². The number of hydrogen-bond acceptors (Lipinski definition) is 2. The second-order valence-corrected chi connectivity index (χ2v) is 5.56. The van der Waals surface area contributed by atoms with E-state index in [1.165, 1.54) is 32.1 Å². The molecule has 0 aromatic rings. The van der Waals surface area contributed by atoms with Crippen LogP contribution < -0.4 is 5.32 Å². The lowest BCUT2D eigenvalue weighted by Gasteiger charge is -2.38. The Kier molecular flexibility index (Phi) is 2.61. The van der Waals surface area contributed by atoms with Crippen LogP contribution in [0.4, 0.5) is 0 Å². The molecule has 0 aromatic heterocycles. The topological polar surface area (TPSA) is 32.3 Å². The molecule has 1 aliphatic carbocycles. The molecule has 2 rings (SSSR count). The lowest BCUT2D eigenvalue weighted by Crippen LogP contribution is -2.53. The fourth-order valence-electron chi connectivity index (χ4n) is 2.62. The fourth-order valence-corrected chi connectivity index (χ4v) is 2.62. The van der Waals surface area contributed by atoms with Gasteiger partial charge in [0.05, 0.1) is 5.60 Å². The molecule has 1 heterocycles. The first-order chi connectivity index (χ1) is 6.56. The number of nitrogens with one attached hydrogen (secondary N) is 1. The first-order valence-electron chi connectivity index (χ1n) is 6.02. The third-order valence-electron chi connectivity index (χ3n) is 4.46. The first-order valence-corrected chi connectivity index (χ1v) is 6.02. The maximum Gasteiger partial charge on any atom is 0.0825 e. The van der Waals surface area contributed by atoms with Gasteiger partial charge in [0.25, 0.3) is 0 Å². The van der Waals surface area contributed by atoms with Crippen molar-refractivity contribution in [1.29, 1.82) is 0 Å². The van der Waals surface area contributed by atoms with E-state index in [9.17, 15) is 5.11 Å². The van der Waals surface area contributed by atoms with Crippen molar-refractivity contribution in [2.75, 3.05) is 6.54 Å². The highest BCUT2D eigenvalue weighted by Gasteiger charge is 2.55. The van der Waals surface area contributed by atoms with Crippen molar-refractivity contribution in [1.82, 2.24) is 5.32 Å². The Morgan fingerprint density at radius 2 is 2.00 bits per heavy atom. The Labute approximate surface area is 87.1 Å². The Morgan fingerprint density at radius 3 is 2.64 bits per heavy atom. The minimum Gasteiger partial charge on any atom is -0.388 e. The van der Waals surface area contributed by atoms with E-state index in [1.54, 1.807) is 0 Å². The summed E-state index contributed by atoms with van der Waals surface area (Å²) >= 11 is 0. The lowest BCUT2D eigenvalue weighted by molar-refractivity contribution is -0.0426. The summed E-state index contributed by atoms with van der Waals surface area (Å²) in [5, 5.41) is 14.1.